The lowest BCUT2D eigenvalue weighted by Gasteiger charge is -2.15. The van der Waals surface area contributed by atoms with E-state index in [9.17, 15) is 9.59 Å². The van der Waals surface area contributed by atoms with Gasteiger partial charge in [-0.2, -0.15) is 0 Å². The first-order valence-corrected chi connectivity index (χ1v) is 6.86. The summed E-state index contributed by atoms with van der Waals surface area (Å²) in [6, 6.07) is 7.03. The second-order valence-electron chi connectivity index (χ2n) is 4.93. The van der Waals surface area contributed by atoms with Gasteiger partial charge in [0.15, 0.2) is 0 Å². The highest BCUT2D eigenvalue weighted by molar-refractivity contribution is 5.94. The van der Waals surface area contributed by atoms with Crippen molar-refractivity contribution in [3.05, 3.63) is 35.4 Å². The third kappa shape index (κ3) is 4.66. The van der Waals surface area contributed by atoms with Gasteiger partial charge < -0.3 is 16.4 Å². The minimum atomic E-state index is -0.235. The predicted octanol–water partition coefficient (Wildman–Crippen LogP) is 1.04. The highest BCUT2D eigenvalue weighted by atomic mass is 16.2. The van der Waals surface area contributed by atoms with E-state index in [4.69, 9.17) is 5.73 Å². The maximum atomic E-state index is 11.8. The summed E-state index contributed by atoms with van der Waals surface area (Å²) < 4.78 is 0. The molecule has 0 saturated heterocycles. The van der Waals surface area contributed by atoms with Crippen LogP contribution in [0.4, 0.5) is 0 Å². The lowest BCUT2D eigenvalue weighted by molar-refractivity contribution is -0.125. The quantitative estimate of drug-likeness (QED) is 0.726. The Balaban J connectivity index is 2.63. The van der Waals surface area contributed by atoms with Crippen molar-refractivity contribution in [2.24, 2.45) is 11.7 Å². The van der Waals surface area contributed by atoms with E-state index in [1.807, 2.05) is 13.0 Å². The van der Waals surface area contributed by atoms with Gasteiger partial charge in [-0.05, 0) is 31.5 Å². The molecule has 20 heavy (non-hydrogen) atoms. The van der Waals surface area contributed by atoms with Gasteiger partial charge in [-0.1, -0.05) is 19.1 Å². The molecule has 0 bridgehead atoms. The van der Waals surface area contributed by atoms with Crippen molar-refractivity contribution >= 4 is 11.8 Å². The highest BCUT2D eigenvalue weighted by Gasteiger charge is 2.16. The molecule has 0 heterocycles. The number of hydrogen-bond acceptors (Lipinski definition) is 3. The van der Waals surface area contributed by atoms with Gasteiger partial charge in [-0.25, -0.2) is 0 Å². The third-order valence-corrected chi connectivity index (χ3v) is 3.20. The summed E-state index contributed by atoms with van der Waals surface area (Å²) in [5.74, 6) is -0.422. The first-order valence-electron chi connectivity index (χ1n) is 6.86. The van der Waals surface area contributed by atoms with E-state index >= 15 is 0 Å². The molecule has 2 unspecified atom stereocenters. The van der Waals surface area contributed by atoms with Crippen LogP contribution in [0.3, 0.4) is 0 Å². The number of carbonyl (C=O) groups is 2. The molecule has 2 atom stereocenters. The number of rotatable bonds is 6. The summed E-state index contributed by atoms with van der Waals surface area (Å²) in [4.78, 5) is 23.5. The van der Waals surface area contributed by atoms with Gasteiger partial charge in [-0.3, -0.25) is 9.59 Å². The summed E-state index contributed by atoms with van der Waals surface area (Å²) in [6.45, 7) is 6.46. The number of amides is 2. The van der Waals surface area contributed by atoms with Gasteiger partial charge in [0, 0.05) is 30.6 Å². The first kappa shape index (κ1) is 16.2. The molecule has 1 rings (SSSR count). The number of hydrogen-bond donors (Lipinski definition) is 3. The van der Waals surface area contributed by atoms with E-state index in [0.29, 0.717) is 18.7 Å². The van der Waals surface area contributed by atoms with E-state index < -0.39 is 0 Å². The van der Waals surface area contributed by atoms with Gasteiger partial charge in [0.2, 0.25) is 5.91 Å². The standard InChI is InChI=1S/C15H23N3O2/c1-4-17-15(20)13-7-5-6-12(8-13)9-18-14(19)10(2)11(3)16/h5-8,10-11H,4,9,16H2,1-3H3,(H,17,20)(H,18,19). The molecule has 4 N–H and O–H groups in total. The van der Waals surface area contributed by atoms with Crippen LogP contribution in [0.2, 0.25) is 0 Å². The molecule has 0 radical (unpaired) electrons. The van der Waals surface area contributed by atoms with Crippen molar-refractivity contribution in [3.8, 4) is 0 Å². The molecule has 0 spiro atoms. The van der Waals surface area contributed by atoms with E-state index in [-0.39, 0.29) is 23.8 Å². The van der Waals surface area contributed by atoms with Crippen LogP contribution in [0.1, 0.15) is 36.7 Å². The summed E-state index contributed by atoms with van der Waals surface area (Å²) in [6.07, 6.45) is 0. The van der Waals surface area contributed by atoms with Crippen LogP contribution < -0.4 is 16.4 Å². The topological polar surface area (TPSA) is 84.2 Å². The Kier molecular flexibility index (Phi) is 6.18. The minimum Gasteiger partial charge on any atom is -0.352 e. The van der Waals surface area contributed by atoms with Crippen molar-refractivity contribution in [2.75, 3.05) is 6.54 Å². The average molecular weight is 277 g/mol. The molecule has 1 aromatic rings. The molecule has 5 nitrogen and oxygen atoms in total. The summed E-state index contributed by atoms with van der Waals surface area (Å²) in [5.41, 5.74) is 7.17. The zero-order valence-corrected chi connectivity index (χ0v) is 12.3. The molecule has 0 aliphatic heterocycles. The van der Waals surface area contributed by atoms with Gasteiger partial charge >= 0.3 is 0 Å². The Morgan fingerprint density at radius 3 is 2.55 bits per heavy atom. The number of benzene rings is 1. The van der Waals surface area contributed by atoms with Crippen LogP contribution in [-0.4, -0.2) is 24.4 Å². The van der Waals surface area contributed by atoms with Crippen molar-refractivity contribution in [1.29, 1.82) is 0 Å². The van der Waals surface area contributed by atoms with Gasteiger partial charge in [0.25, 0.3) is 5.91 Å². The first-order chi connectivity index (χ1) is 9.45. The van der Waals surface area contributed by atoms with Crippen molar-refractivity contribution < 1.29 is 9.59 Å². The Bertz CT molecular complexity index is 472. The molecular formula is C15H23N3O2. The summed E-state index contributed by atoms with van der Waals surface area (Å²) in [7, 11) is 0. The third-order valence-electron chi connectivity index (χ3n) is 3.20. The Morgan fingerprint density at radius 2 is 1.95 bits per heavy atom. The summed E-state index contributed by atoms with van der Waals surface area (Å²) >= 11 is 0. The smallest absolute Gasteiger partial charge is 0.251 e. The van der Waals surface area contributed by atoms with Crippen LogP contribution in [0.5, 0.6) is 0 Å². The second kappa shape index (κ2) is 7.65. The number of nitrogens with one attached hydrogen (secondary N) is 2. The molecule has 0 fully saturated rings. The van der Waals surface area contributed by atoms with E-state index in [2.05, 4.69) is 10.6 Å². The zero-order chi connectivity index (χ0) is 15.1. The van der Waals surface area contributed by atoms with E-state index in [1.54, 1.807) is 32.0 Å². The fourth-order valence-corrected chi connectivity index (χ4v) is 1.67. The van der Waals surface area contributed by atoms with Gasteiger partial charge in [0.05, 0.1) is 0 Å². The van der Waals surface area contributed by atoms with Gasteiger partial charge in [-0.15, -0.1) is 0 Å². The lowest BCUT2D eigenvalue weighted by Crippen LogP contribution is -2.38. The molecule has 1 aromatic carbocycles. The fraction of sp³-hybridized carbons (Fsp3) is 0.467. The second-order valence-corrected chi connectivity index (χ2v) is 4.93. The SMILES string of the molecule is CCNC(=O)c1cccc(CNC(=O)C(C)C(C)N)c1. The number of nitrogens with two attached hydrogens (primary N) is 1. The molecule has 0 aliphatic carbocycles. The van der Waals surface area contributed by atoms with Crippen molar-refractivity contribution in [3.63, 3.8) is 0 Å². The van der Waals surface area contributed by atoms with E-state index in [1.165, 1.54) is 0 Å². The minimum absolute atomic E-state index is 0.0802. The van der Waals surface area contributed by atoms with Crippen molar-refractivity contribution in [1.82, 2.24) is 10.6 Å². The maximum absolute atomic E-state index is 11.8. The van der Waals surface area contributed by atoms with Crippen LogP contribution in [0.15, 0.2) is 24.3 Å². The molecule has 0 aliphatic rings. The molecule has 110 valence electrons. The Hall–Kier alpha value is -1.88. The van der Waals surface area contributed by atoms with Crippen molar-refractivity contribution in [2.45, 2.75) is 33.4 Å². The average Bonchev–Trinajstić information content (AvgIpc) is 2.44. The van der Waals surface area contributed by atoms with Crippen LogP contribution >= 0.6 is 0 Å². The molecule has 2 amide bonds. The molecule has 0 aromatic heterocycles. The number of carbonyl (C=O) groups excluding carboxylic acids is 2. The Labute approximate surface area is 119 Å². The largest absolute Gasteiger partial charge is 0.352 e. The Morgan fingerprint density at radius 1 is 1.25 bits per heavy atom. The zero-order valence-electron chi connectivity index (χ0n) is 12.3. The maximum Gasteiger partial charge on any atom is 0.251 e. The molecular weight excluding hydrogens is 254 g/mol. The lowest BCUT2D eigenvalue weighted by atomic mass is 10.0. The molecule has 5 heteroatoms. The molecule has 0 saturated carbocycles. The predicted molar refractivity (Wildman–Crippen MR) is 79.1 cm³/mol. The van der Waals surface area contributed by atoms with Crippen LogP contribution in [-0.2, 0) is 11.3 Å². The highest BCUT2D eigenvalue weighted by Crippen LogP contribution is 2.06. The normalized spacial score (nSPS) is 13.4. The van der Waals surface area contributed by atoms with Crippen LogP contribution in [0, 0.1) is 5.92 Å². The fourth-order valence-electron chi connectivity index (χ4n) is 1.67. The van der Waals surface area contributed by atoms with Crippen LogP contribution in [0.25, 0.3) is 0 Å². The van der Waals surface area contributed by atoms with Gasteiger partial charge in [0.1, 0.15) is 0 Å². The summed E-state index contributed by atoms with van der Waals surface area (Å²) in [5, 5.41) is 5.57. The van der Waals surface area contributed by atoms with E-state index in [0.717, 1.165) is 5.56 Å². The monoisotopic (exact) mass is 277 g/mol.